The molecule has 0 unspecified atom stereocenters. The third kappa shape index (κ3) is 4.12. The first-order valence-electron chi connectivity index (χ1n) is 16.0. The van der Waals surface area contributed by atoms with Crippen molar-refractivity contribution in [3.8, 4) is 18.0 Å². The molecule has 8 aromatic rings. The molecule has 0 radical (unpaired) electrons. The van der Waals surface area contributed by atoms with Crippen molar-refractivity contribution in [3.63, 3.8) is 0 Å². The summed E-state index contributed by atoms with van der Waals surface area (Å²) in [5, 5.41) is 21.2. The lowest BCUT2D eigenvalue weighted by atomic mass is 9.62. The molecule has 3 aromatic heterocycles. The van der Waals surface area contributed by atoms with Crippen LogP contribution in [0.15, 0.2) is 158 Å². The lowest BCUT2D eigenvalue weighted by molar-refractivity contribution is 0.730. The van der Waals surface area contributed by atoms with Crippen LogP contribution < -0.4 is 4.90 Å². The van der Waals surface area contributed by atoms with Gasteiger partial charge in [-0.25, -0.2) is 4.98 Å². The third-order valence-electron chi connectivity index (χ3n) is 9.63. The first-order chi connectivity index (χ1) is 24.2. The smallest absolute Gasteiger partial charge is 0.140 e. The van der Waals surface area contributed by atoms with Gasteiger partial charge in [-0.2, -0.15) is 10.5 Å². The number of anilines is 3. The summed E-state index contributed by atoms with van der Waals surface area (Å²) in [5.41, 5.74) is 8.96. The molecule has 0 bridgehead atoms. The predicted molar refractivity (Wildman–Crippen MR) is 192 cm³/mol. The fourth-order valence-corrected chi connectivity index (χ4v) is 7.61. The van der Waals surface area contributed by atoms with Gasteiger partial charge in [0.25, 0.3) is 0 Å². The molecule has 0 aliphatic carbocycles. The summed E-state index contributed by atoms with van der Waals surface area (Å²) in [5.74, 6) is 1.53. The van der Waals surface area contributed by atoms with Gasteiger partial charge in [-0.3, -0.25) is 14.5 Å². The maximum atomic E-state index is 9.65. The van der Waals surface area contributed by atoms with Crippen molar-refractivity contribution in [2.75, 3.05) is 4.90 Å². The van der Waals surface area contributed by atoms with E-state index in [1.54, 1.807) is 6.20 Å². The minimum atomic E-state index is -0.658. The Hall–Kier alpha value is -7.02. The molecule has 0 amide bonds. The largest absolute Gasteiger partial charge is 0.294 e. The Bertz CT molecular complexity index is 2590. The SMILES string of the molecule is N#Cc1ccc(C2(c3ccccc3)c3ccccc3N(c3cccc(-n4c5ccncc5c5cc(C#N)ccc54)n3)c3ccccc32)cc1. The van der Waals surface area contributed by atoms with Gasteiger partial charge in [0.15, 0.2) is 0 Å². The van der Waals surface area contributed by atoms with Gasteiger partial charge < -0.3 is 0 Å². The molecule has 0 saturated carbocycles. The van der Waals surface area contributed by atoms with E-state index in [0.717, 1.165) is 67.1 Å². The Morgan fingerprint density at radius 3 is 1.86 bits per heavy atom. The monoisotopic (exact) mass is 626 g/mol. The van der Waals surface area contributed by atoms with Crippen molar-refractivity contribution in [2.45, 2.75) is 5.41 Å². The number of nitriles is 2. The number of rotatable bonds is 4. The van der Waals surface area contributed by atoms with Crippen LogP contribution in [-0.2, 0) is 5.41 Å². The van der Waals surface area contributed by atoms with Crippen LogP contribution in [0.25, 0.3) is 27.6 Å². The van der Waals surface area contributed by atoms with Crippen molar-refractivity contribution in [3.05, 3.63) is 191 Å². The Kier molecular flexibility index (Phi) is 6.37. The van der Waals surface area contributed by atoms with Crippen molar-refractivity contribution in [1.29, 1.82) is 10.5 Å². The van der Waals surface area contributed by atoms with E-state index in [9.17, 15) is 10.5 Å². The molecule has 0 saturated heterocycles. The van der Waals surface area contributed by atoms with Crippen LogP contribution >= 0.6 is 0 Å². The van der Waals surface area contributed by atoms with Gasteiger partial charge in [0, 0.05) is 23.2 Å². The van der Waals surface area contributed by atoms with E-state index in [4.69, 9.17) is 4.98 Å². The summed E-state index contributed by atoms with van der Waals surface area (Å²) < 4.78 is 2.14. The average Bonchev–Trinajstić information content (AvgIpc) is 3.51. The lowest BCUT2D eigenvalue weighted by Gasteiger charge is -2.46. The molecule has 0 spiro atoms. The maximum Gasteiger partial charge on any atom is 0.140 e. The summed E-state index contributed by atoms with van der Waals surface area (Å²) in [7, 11) is 0. The van der Waals surface area contributed by atoms with Gasteiger partial charge in [-0.15, -0.1) is 0 Å². The molecule has 49 heavy (non-hydrogen) atoms. The second kappa shape index (κ2) is 11.1. The number of benzene rings is 5. The maximum absolute atomic E-state index is 9.65. The molecule has 1 aliphatic rings. The highest BCUT2D eigenvalue weighted by atomic mass is 15.2. The van der Waals surface area contributed by atoms with E-state index >= 15 is 0 Å². The Balaban J connectivity index is 1.31. The highest BCUT2D eigenvalue weighted by Gasteiger charge is 2.46. The van der Waals surface area contributed by atoms with Gasteiger partial charge >= 0.3 is 0 Å². The number of hydrogen-bond donors (Lipinski definition) is 0. The van der Waals surface area contributed by atoms with Crippen LogP contribution in [0.2, 0.25) is 0 Å². The molecule has 0 atom stereocenters. The number of hydrogen-bond acceptors (Lipinski definition) is 5. The number of pyridine rings is 2. The zero-order chi connectivity index (χ0) is 33.0. The van der Waals surface area contributed by atoms with E-state index in [-0.39, 0.29) is 0 Å². The van der Waals surface area contributed by atoms with E-state index in [1.807, 2.05) is 60.8 Å². The molecule has 5 aromatic carbocycles. The molecular formula is C43H26N6. The summed E-state index contributed by atoms with van der Waals surface area (Å²) in [6.45, 7) is 0. The molecule has 0 N–H and O–H groups in total. The van der Waals surface area contributed by atoms with Crippen LogP contribution in [0, 0.1) is 22.7 Å². The normalized spacial score (nSPS) is 13.0. The van der Waals surface area contributed by atoms with Crippen molar-refractivity contribution in [2.24, 2.45) is 0 Å². The Morgan fingerprint density at radius 1 is 0.531 bits per heavy atom. The van der Waals surface area contributed by atoms with Gasteiger partial charge in [0.2, 0.25) is 0 Å². The van der Waals surface area contributed by atoms with Gasteiger partial charge in [0.05, 0.1) is 51.1 Å². The Labute approximate surface area is 283 Å². The fraction of sp³-hybridized carbons (Fsp3) is 0.0233. The van der Waals surface area contributed by atoms with Crippen LogP contribution in [0.5, 0.6) is 0 Å². The summed E-state index contributed by atoms with van der Waals surface area (Å²) in [4.78, 5) is 12.0. The number of fused-ring (bicyclic) bond motifs is 5. The third-order valence-corrected chi connectivity index (χ3v) is 9.63. The number of nitrogens with zero attached hydrogens (tertiary/aromatic N) is 6. The molecular weight excluding hydrogens is 601 g/mol. The topological polar surface area (TPSA) is 81.5 Å². The zero-order valence-corrected chi connectivity index (χ0v) is 26.2. The molecule has 1 aliphatic heterocycles. The van der Waals surface area contributed by atoms with Crippen LogP contribution in [0.3, 0.4) is 0 Å². The summed E-state index contributed by atoms with van der Waals surface area (Å²) in [6.07, 6.45) is 3.64. The van der Waals surface area contributed by atoms with Crippen molar-refractivity contribution in [1.82, 2.24) is 14.5 Å². The van der Waals surface area contributed by atoms with Crippen LogP contribution in [-0.4, -0.2) is 14.5 Å². The predicted octanol–water partition coefficient (Wildman–Crippen LogP) is 9.48. The second-order valence-corrected chi connectivity index (χ2v) is 12.1. The minimum absolute atomic E-state index is 0.600. The van der Waals surface area contributed by atoms with Gasteiger partial charge in [-0.05, 0) is 82.9 Å². The first kappa shape index (κ1) is 28.2. The molecule has 0 fully saturated rings. The molecule has 4 heterocycles. The molecule has 6 heteroatoms. The molecule has 6 nitrogen and oxygen atoms in total. The second-order valence-electron chi connectivity index (χ2n) is 12.1. The number of aromatic nitrogens is 3. The van der Waals surface area contributed by atoms with Crippen molar-refractivity contribution >= 4 is 39.0 Å². The van der Waals surface area contributed by atoms with E-state index < -0.39 is 5.41 Å². The molecule has 228 valence electrons. The minimum Gasteiger partial charge on any atom is -0.294 e. The average molecular weight is 627 g/mol. The summed E-state index contributed by atoms with van der Waals surface area (Å²) in [6, 6.07) is 54.1. The molecule has 9 rings (SSSR count). The quantitative estimate of drug-likeness (QED) is 0.194. The summed E-state index contributed by atoms with van der Waals surface area (Å²) >= 11 is 0. The highest BCUT2D eigenvalue weighted by Crippen LogP contribution is 2.57. The Morgan fingerprint density at radius 2 is 1.14 bits per heavy atom. The van der Waals surface area contributed by atoms with Crippen molar-refractivity contribution < 1.29 is 0 Å². The van der Waals surface area contributed by atoms with E-state index in [1.165, 1.54) is 0 Å². The highest BCUT2D eigenvalue weighted by molar-refractivity contribution is 6.09. The van der Waals surface area contributed by atoms with E-state index in [2.05, 4.69) is 118 Å². The van der Waals surface area contributed by atoms with Gasteiger partial charge in [-0.1, -0.05) is 84.9 Å². The van der Waals surface area contributed by atoms with Crippen LogP contribution in [0.4, 0.5) is 17.2 Å². The van der Waals surface area contributed by atoms with E-state index in [0.29, 0.717) is 11.1 Å². The zero-order valence-electron chi connectivity index (χ0n) is 26.2. The van der Waals surface area contributed by atoms with Gasteiger partial charge in [0.1, 0.15) is 11.6 Å². The first-order valence-corrected chi connectivity index (χ1v) is 16.0. The number of para-hydroxylation sites is 2. The fourth-order valence-electron chi connectivity index (χ4n) is 7.61. The standard InChI is InChI=1S/C43H26N6/c44-26-29-17-20-32(21-18-29)43(31-9-2-1-3-10-31)35-11-4-6-13-39(35)49(40-14-7-5-12-36(40)43)42-16-8-15-41(47-42)48-37-22-19-30(27-45)25-33(37)34-28-46-24-23-38(34)48/h1-25,28H. The lowest BCUT2D eigenvalue weighted by Crippen LogP contribution is -2.37. The van der Waals surface area contributed by atoms with Crippen LogP contribution in [0.1, 0.15) is 33.4 Å².